The van der Waals surface area contributed by atoms with Gasteiger partial charge in [0, 0.05) is 6.54 Å². The van der Waals surface area contributed by atoms with Crippen molar-refractivity contribution in [3.63, 3.8) is 0 Å². The highest BCUT2D eigenvalue weighted by atomic mass is 32.1. The molecule has 2 N–H and O–H groups in total. The molecular formula is C11H14N2OS. The summed E-state index contributed by atoms with van der Waals surface area (Å²) in [5.74, 6) is 0.724. The fourth-order valence-corrected chi connectivity index (χ4v) is 2.43. The first-order chi connectivity index (χ1) is 7.24. The number of aryl methyl sites for hydroxylation is 2. The molecule has 2 aromatic rings. The Labute approximate surface area is 93.0 Å². The third kappa shape index (κ3) is 1.82. The number of hydrogen-bond donors (Lipinski definition) is 1. The van der Waals surface area contributed by atoms with Crippen molar-refractivity contribution in [2.24, 2.45) is 5.73 Å². The predicted octanol–water partition coefficient (Wildman–Crippen LogP) is 2.25. The highest BCUT2D eigenvalue weighted by molar-refractivity contribution is 7.13. The van der Waals surface area contributed by atoms with Gasteiger partial charge < -0.3 is 10.5 Å². The van der Waals surface area contributed by atoms with Crippen LogP contribution in [0.3, 0.4) is 0 Å². The van der Waals surface area contributed by atoms with Crippen LogP contribution >= 0.6 is 11.5 Å². The Morgan fingerprint density at radius 2 is 2.07 bits per heavy atom. The fraction of sp³-hybridized carbons (Fsp3) is 0.364. The van der Waals surface area contributed by atoms with Gasteiger partial charge in [-0.05, 0) is 36.5 Å². The topological polar surface area (TPSA) is 48.1 Å². The average Bonchev–Trinajstić information content (AvgIpc) is 2.65. The van der Waals surface area contributed by atoms with Gasteiger partial charge in [0.1, 0.15) is 6.61 Å². The van der Waals surface area contributed by atoms with Crippen LogP contribution in [0.5, 0.6) is 5.88 Å². The summed E-state index contributed by atoms with van der Waals surface area (Å²) in [5.41, 5.74) is 7.86. The van der Waals surface area contributed by atoms with Crippen LogP contribution in [0.1, 0.15) is 11.1 Å². The average molecular weight is 222 g/mol. The summed E-state index contributed by atoms with van der Waals surface area (Å²) in [4.78, 5) is 0. The van der Waals surface area contributed by atoms with E-state index < -0.39 is 0 Å². The van der Waals surface area contributed by atoms with Crippen molar-refractivity contribution in [3.05, 3.63) is 23.3 Å². The lowest BCUT2D eigenvalue weighted by atomic mass is 10.1. The van der Waals surface area contributed by atoms with Gasteiger partial charge >= 0.3 is 0 Å². The first-order valence-corrected chi connectivity index (χ1v) is 5.70. The van der Waals surface area contributed by atoms with Crippen LogP contribution in [0.4, 0.5) is 0 Å². The Morgan fingerprint density at radius 1 is 1.33 bits per heavy atom. The van der Waals surface area contributed by atoms with E-state index in [0.29, 0.717) is 13.2 Å². The molecule has 0 aliphatic heterocycles. The number of benzene rings is 1. The highest BCUT2D eigenvalue weighted by Crippen LogP contribution is 2.33. The molecule has 0 saturated carbocycles. The van der Waals surface area contributed by atoms with Crippen molar-refractivity contribution in [3.8, 4) is 5.88 Å². The second-order valence-electron chi connectivity index (χ2n) is 3.53. The minimum atomic E-state index is 0.518. The van der Waals surface area contributed by atoms with E-state index in [2.05, 4.69) is 30.4 Å². The summed E-state index contributed by atoms with van der Waals surface area (Å²) in [7, 11) is 0. The molecule has 0 aliphatic carbocycles. The van der Waals surface area contributed by atoms with Crippen molar-refractivity contribution in [2.45, 2.75) is 13.8 Å². The van der Waals surface area contributed by atoms with E-state index in [1.165, 1.54) is 27.4 Å². The number of nitrogens with two attached hydrogens (primary N) is 1. The van der Waals surface area contributed by atoms with Crippen LogP contribution in [0, 0.1) is 13.8 Å². The molecule has 1 heterocycles. The Balaban J connectivity index is 2.53. The molecule has 0 aliphatic rings. The van der Waals surface area contributed by atoms with Crippen LogP contribution in [0.2, 0.25) is 0 Å². The van der Waals surface area contributed by atoms with E-state index >= 15 is 0 Å². The first-order valence-electron chi connectivity index (χ1n) is 4.92. The van der Waals surface area contributed by atoms with Gasteiger partial charge in [-0.1, -0.05) is 12.1 Å². The molecule has 80 valence electrons. The lowest BCUT2D eigenvalue weighted by Crippen LogP contribution is -2.10. The summed E-state index contributed by atoms with van der Waals surface area (Å²) >= 11 is 1.49. The van der Waals surface area contributed by atoms with E-state index in [0.717, 1.165) is 11.3 Å². The Kier molecular flexibility index (Phi) is 2.88. The van der Waals surface area contributed by atoms with E-state index in [4.69, 9.17) is 10.5 Å². The summed E-state index contributed by atoms with van der Waals surface area (Å²) in [6.07, 6.45) is 0. The van der Waals surface area contributed by atoms with Crippen molar-refractivity contribution in [1.29, 1.82) is 0 Å². The van der Waals surface area contributed by atoms with Gasteiger partial charge in [-0.3, -0.25) is 0 Å². The second-order valence-corrected chi connectivity index (χ2v) is 4.30. The number of aromatic nitrogens is 1. The van der Waals surface area contributed by atoms with Gasteiger partial charge in [-0.15, -0.1) is 0 Å². The van der Waals surface area contributed by atoms with Crippen molar-refractivity contribution < 1.29 is 4.74 Å². The molecule has 15 heavy (non-hydrogen) atoms. The van der Waals surface area contributed by atoms with Gasteiger partial charge in [-0.25, -0.2) is 0 Å². The number of rotatable bonds is 3. The third-order valence-corrected chi connectivity index (χ3v) is 3.32. The minimum Gasteiger partial charge on any atom is -0.475 e. The van der Waals surface area contributed by atoms with E-state index in [1.807, 2.05) is 0 Å². The predicted molar refractivity (Wildman–Crippen MR) is 63.6 cm³/mol. The van der Waals surface area contributed by atoms with E-state index in [-0.39, 0.29) is 0 Å². The number of hydrogen-bond acceptors (Lipinski definition) is 4. The molecule has 0 fully saturated rings. The zero-order valence-electron chi connectivity index (χ0n) is 8.91. The second kappa shape index (κ2) is 4.16. The lowest BCUT2D eigenvalue weighted by Gasteiger charge is -2.03. The van der Waals surface area contributed by atoms with Gasteiger partial charge in [0.25, 0.3) is 0 Å². The van der Waals surface area contributed by atoms with Gasteiger partial charge in [0.05, 0.1) is 10.1 Å². The van der Waals surface area contributed by atoms with Crippen LogP contribution in [-0.4, -0.2) is 17.5 Å². The van der Waals surface area contributed by atoms with Gasteiger partial charge in [0.15, 0.2) is 0 Å². The summed E-state index contributed by atoms with van der Waals surface area (Å²) in [6, 6.07) is 4.21. The van der Waals surface area contributed by atoms with Crippen molar-refractivity contribution >= 4 is 21.6 Å². The van der Waals surface area contributed by atoms with Gasteiger partial charge in [-0.2, -0.15) is 4.37 Å². The number of ether oxygens (including phenoxy) is 1. The summed E-state index contributed by atoms with van der Waals surface area (Å²) < 4.78 is 11.0. The smallest absolute Gasteiger partial charge is 0.233 e. The monoisotopic (exact) mass is 222 g/mol. The molecule has 0 unspecified atom stereocenters. The molecule has 0 saturated heterocycles. The maximum absolute atomic E-state index is 5.52. The lowest BCUT2D eigenvalue weighted by molar-refractivity contribution is 0.322. The van der Waals surface area contributed by atoms with Gasteiger partial charge in [0.2, 0.25) is 5.88 Å². The molecule has 3 nitrogen and oxygen atoms in total. The summed E-state index contributed by atoms with van der Waals surface area (Å²) in [6.45, 7) is 5.20. The number of fused-ring (bicyclic) bond motifs is 1. The zero-order chi connectivity index (χ0) is 10.8. The minimum absolute atomic E-state index is 0.518. The Bertz CT molecular complexity index is 479. The van der Waals surface area contributed by atoms with E-state index in [9.17, 15) is 0 Å². The van der Waals surface area contributed by atoms with Crippen LogP contribution < -0.4 is 10.5 Å². The quantitative estimate of drug-likeness (QED) is 0.866. The molecule has 0 atom stereocenters. The molecule has 0 bridgehead atoms. The normalized spacial score (nSPS) is 10.9. The number of nitrogens with zero attached hydrogens (tertiary/aromatic N) is 1. The van der Waals surface area contributed by atoms with Crippen LogP contribution in [0.15, 0.2) is 12.1 Å². The largest absolute Gasteiger partial charge is 0.475 e. The van der Waals surface area contributed by atoms with Crippen molar-refractivity contribution in [2.75, 3.05) is 13.2 Å². The molecular weight excluding hydrogens is 208 g/mol. The maximum Gasteiger partial charge on any atom is 0.233 e. The molecule has 0 radical (unpaired) electrons. The SMILES string of the molecule is Cc1ccc(C)c2c(OCCN)nsc12. The van der Waals surface area contributed by atoms with E-state index in [1.54, 1.807) is 0 Å². The Morgan fingerprint density at radius 3 is 2.80 bits per heavy atom. The fourth-order valence-electron chi connectivity index (χ4n) is 1.56. The molecule has 2 rings (SSSR count). The Hall–Kier alpha value is -1.13. The maximum atomic E-state index is 5.52. The summed E-state index contributed by atoms with van der Waals surface area (Å²) in [5, 5.41) is 1.13. The molecule has 0 spiro atoms. The van der Waals surface area contributed by atoms with Crippen LogP contribution in [0.25, 0.3) is 10.1 Å². The first kappa shape index (κ1) is 10.4. The molecule has 4 heteroatoms. The third-order valence-electron chi connectivity index (χ3n) is 2.35. The molecule has 1 aromatic heterocycles. The standard InChI is InChI=1S/C11H14N2OS/c1-7-3-4-8(2)10-9(7)11(13-15-10)14-6-5-12/h3-4H,5-6,12H2,1-2H3. The molecule has 0 amide bonds. The highest BCUT2D eigenvalue weighted by Gasteiger charge is 2.11. The van der Waals surface area contributed by atoms with Crippen LogP contribution in [-0.2, 0) is 0 Å². The zero-order valence-corrected chi connectivity index (χ0v) is 9.73. The molecule has 1 aromatic carbocycles. The van der Waals surface area contributed by atoms with Crippen molar-refractivity contribution in [1.82, 2.24) is 4.37 Å².